The summed E-state index contributed by atoms with van der Waals surface area (Å²) >= 11 is 0. The Bertz CT molecular complexity index is 1440. The summed E-state index contributed by atoms with van der Waals surface area (Å²) in [6, 6.07) is 19.4. The molecule has 1 N–H and O–H groups in total. The third kappa shape index (κ3) is 5.26. The van der Waals surface area contributed by atoms with Crippen LogP contribution in [0, 0.1) is 6.92 Å². The Morgan fingerprint density at radius 1 is 0.943 bits per heavy atom. The molecule has 4 rings (SSSR count). The molecule has 0 spiro atoms. The van der Waals surface area contributed by atoms with Crippen molar-refractivity contribution in [1.29, 1.82) is 0 Å². The van der Waals surface area contributed by atoms with Gasteiger partial charge in [0.1, 0.15) is 12.1 Å². The minimum atomic E-state index is -0.516. The van der Waals surface area contributed by atoms with Crippen molar-refractivity contribution < 1.29 is 4.79 Å². The second-order valence-electron chi connectivity index (χ2n) is 8.84. The van der Waals surface area contributed by atoms with Gasteiger partial charge in [0.25, 0.3) is 5.56 Å². The van der Waals surface area contributed by atoms with Gasteiger partial charge in [0, 0.05) is 12.6 Å². The van der Waals surface area contributed by atoms with Crippen molar-refractivity contribution in [1.82, 2.24) is 24.2 Å². The number of aromatic nitrogens is 4. The van der Waals surface area contributed by atoms with Gasteiger partial charge in [-0.1, -0.05) is 60.7 Å². The zero-order chi connectivity index (χ0) is 24.9. The molecular weight excluding hydrogens is 442 g/mol. The van der Waals surface area contributed by atoms with E-state index in [1.807, 2.05) is 62.4 Å². The summed E-state index contributed by atoms with van der Waals surface area (Å²) in [5, 5.41) is 7.46. The topological polar surface area (TPSA) is 90.9 Å². The molecule has 2 aromatic heterocycles. The van der Waals surface area contributed by atoms with Crippen LogP contribution in [0.3, 0.4) is 0 Å². The highest BCUT2D eigenvalue weighted by molar-refractivity contribution is 5.81. The third-order valence-corrected chi connectivity index (χ3v) is 6.18. The van der Waals surface area contributed by atoms with Gasteiger partial charge in [-0.3, -0.25) is 23.4 Å². The van der Waals surface area contributed by atoms with Crippen LogP contribution < -0.4 is 16.6 Å². The van der Waals surface area contributed by atoms with Crippen molar-refractivity contribution in [3.63, 3.8) is 0 Å². The van der Waals surface area contributed by atoms with Crippen LogP contribution in [0.1, 0.15) is 37.1 Å². The van der Waals surface area contributed by atoms with E-state index < -0.39 is 11.2 Å². The first-order valence-electron chi connectivity index (χ1n) is 12.0. The largest absolute Gasteiger partial charge is 0.352 e. The van der Waals surface area contributed by atoms with Crippen molar-refractivity contribution >= 4 is 16.9 Å². The predicted molar refractivity (Wildman–Crippen MR) is 137 cm³/mol. The van der Waals surface area contributed by atoms with Gasteiger partial charge >= 0.3 is 5.69 Å². The average Bonchev–Trinajstić information content (AvgIpc) is 3.20. The first kappa shape index (κ1) is 24.2. The molecule has 0 aliphatic heterocycles. The van der Waals surface area contributed by atoms with E-state index in [0.29, 0.717) is 23.3 Å². The van der Waals surface area contributed by atoms with Gasteiger partial charge in [0.05, 0.1) is 12.2 Å². The fourth-order valence-corrected chi connectivity index (χ4v) is 4.41. The number of hydrogen-bond acceptors (Lipinski definition) is 4. The number of rotatable bonds is 9. The molecule has 8 nitrogen and oxygen atoms in total. The lowest BCUT2D eigenvalue weighted by Gasteiger charge is -2.16. The van der Waals surface area contributed by atoms with Crippen LogP contribution in [0.4, 0.5) is 0 Å². The number of aryl methyl sites for hydroxylation is 3. The minimum Gasteiger partial charge on any atom is -0.352 e. The number of amides is 1. The van der Waals surface area contributed by atoms with E-state index in [0.717, 1.165) is 18.4 Å². The Morgan fingerprint density at radius 3 is 2.20 bits per heavy atom. The molecule has 0 aliphatic rings. The molecule has 0 bridgehead atoms. The summed E-state index contributed by atoms with van der Waals surface area (Å²) < 4.78 is 4.18. The molecule has 0 saturated heterocycles. The molecule has 0 radical (unpaired) electrons. The summed E-state index contributed by atoms with van der Waals surface area (Å²) in [5.74, 6) is -0.275. The normalized spacial score (nSPS) is 12.1. The number of carbonyl (C=O) groups is 1. The number of hydrogen-bond donors (Lipinski definition) is 1. The van der Waals surface area contributed by atoms with E-state index in [2.05, 4.69) is 22.5 Å². The molecule has 8 heteroatoms. The van der Waals surface area contributed by atoms with E-state index in [9.17, 15) is 14.4 Å². The van der Waals surface area contributed by atoms with E-state index in [1.165, 1.54) is 14.7 Å². The van der Waals surface area contributed by atoms with E-state index in [-0.39, 0.29) is 25.0 Å². The second-order valence-corrected chi connectivity index (χ2v) is 8.84. The maximum atomic E-state index is 13.5. The number of nitrogens with one attached hydrogen (secondary N) is 1. The predicted octanol–water partition coefficient (Wildman–Crippen LogP) is 2.87. The first-order chi connectivity index (χ1) is 16.9. The average molecular weight is 474 g/mol. The maximum absolute atomic E-state index is 13.5. The Labute approximate surface area is 203 Å². The van der Waals surface area contributed by atoms with Gasteiger partial charge in [-0.2, -0.15) is 5.10 Å². The molecule has 0 saturated carbocycles. The summed E-state index contributed by atoms with van der Waals surface area (Å²) in [4.78, 5) is 39.9. The fourth-order valence-electron chi connectivity index (χ4n) is 4.41. The van der Waals surface area contributed by atoms with Crippen LogP contribution in [0.2, 0.25) is 0 Å². The molecule has 35 heavy (non-hydrogen) atoms. The maximum Gasteiger partial charge on any atom is 0.332 e. The van der Waals surface area contributed by atoms with Crippen molar-refractivity contribution in [2.24, 2.45) is 0 Å². The van der Waals surface area contributed by atoms with Gasteiger partial charge in [-0.05, 0) is 44.7 Å². The monoisotopic (exact) mass is 473 g/mol. The highest BCUT2D eigenvalue weighted by Crippen LogP contribution is 2.14. The van der Waals surface area contributed by atoms with Gasteiger partial charge in [0.15, 0.2) is 5.52 Å². The molecule has 2 aromatic carbocycles. The SMILES string of the molecule is CCn1nc(C)c2c1c(=O)n(Cc1ccccc1)c(=O)n2CC(=O)N[C@H](C)CCc1ccccc1. The van der Waals surface area contributed by atoms with Crippen molar-refractivity contribution in [3.05, 3.63) is 98.3 Å². The standard InChI is InChI=1S/C27H31N5O3/c1-4-32-25-24(20(3)29-32)30(27(35)31(26(25)34)17-22-13-9-6-10-14-22)18-23(33)28-19(2)15-16-21-11-7-5-8-12-21/h5-14,19H,4,15-18H2,1-3H3,(H,28,33)/t19-/m1/s1. The van der Waals surface area contributed by atoms with Crippen LogP contribution in [0.25, 0.3) is 11.0 Å². The van der Waals surface area contributed by atoms with Crippen LogP contribution in [-0.2, 0) is 30.8 Å². The lowest BCUT2D eigenvalue weighted by molar-refractivity contribution is -0.122. The molecule has 0 unspecified atom stereocenters. The van der Waals surface area contributed by atoms with Crippen LogP contribution >= 0.6 is 0 Å². The van der Waals surface area contributed by atoms with Crippen LogP contribution in [0.15, 0.2) is 70.3 Å². The zero-order valence-corrected chi connectivity index (χ0v) is 20.4. The molecule has 1 amide bonds. The lowest BCUT2D eigenvalue weighted by atomic mass is 10.1. The Balaban J connectivity index is 1.64. The molecule has 182 valence electrons. The lowest BCUT2D eigenvalue weighted by Crippen LogP contribution is -2.44. The molecule has 1 atom stereocenters. The number of benzene rings is 2. The summed E-state index contributed by atoms with van der Waals surface area (Å²) in [6.45, 7) is 6.02. The Kier molecular flexibility index (Phi) is 7.29. The van der Waals surface area contributed by atoms with Gasteiger partial charge in [0.2, 0.25) is 5.91 Å². The second kappa shape index (κ2) is 10.5. The van der Waals surface area contributed by atoms with Crippen molar-refractivity contribution in [3.8, 4) is 0 Å². The van der Waals surface area contributed by atoms with Gasteiger partial charge in [-0.25, -0.2) is 4.79 Å². The molecule has 0 aliphatic carbocycles. The van der Waals surface area contributed by atoms with Crippen LogP contribution in [0.5, 0.6) is 0 Å². The minimum absolute atomic E-state index is 0.0661. The summed E-state index contributed by atoms with van der Waals surface area (Å²) in [5.41, 5.74) is 2.43. The molecule has 4 aromatic rings. The molecule has 2 heterocycles. The fraction of sp³-hybridized carbons (Fsp3) is 0.333. The molecular formula is C27H31N5O3. The number of carbonyl (C=O) groups excluding carboxylic acids is 1. The first-order valence-corrected chi connectivity index (χ1v) is 12.0. The van der Waals surface area contributed by atoms with E-state index >= 15 is 0 Å². The van der Waals surface area contributed by atoms with Crippen molar-refractivity contribution in [2.45, 2.75) is 59.3 Å². The van der Waals surface area contributed by atoms with E-state index in [1.54, 1.807) is 11.6 Å². The molecule has 0 fully saturated rings. The zero-order valence-electron chi connectivity index (χ0n) is 20.4. The highest BCUT2D eigenvalue weighted by atomic mass is 16.2. The Hall–Kier alpha value is -3.94. The highest BCUT2D eigenvalue weighted by Gasteiger charge is 2.22. The van der Waals surface area contributed by atoms with Gasteiger partial charge in [-0.15, -0.1) is 0 Å². The van der Waals surface area contributed by atoms with Gasteiger partial charge < -0.3 is 5.32 Å². The Morgan fingerprint density at radius 2 is 1.57 bits per heavy atom. The summed E-state index contributed by atoms with van der Waals surface area (Å²) in [6.07, 6.45) is 1.62. The number of nitrogens with zero attached hydrogens (tertiary/aromatic N) is 4. The van der Waals surface area contributed by atoms with Crippen LogP contribution in [-0.4, -0.2) is 30.9 Å². The summed E-state index contributed by atoms with van der Waals surface area (Å²) in [7, 11) is 0. The third-order valence-electron chi connectivity index (χ3n) is 6.18. The quantitative estimate of drug-likeness (QED) is 0.405. The number of fused-ring (bicyclic) bond motifs is 1. The smallest absolute Gasteiger partial charge is 0.332 e. The van der Waals surface area contributed by atoms with E-state index in [4.69, 9.17) is 0 Å². The van der Waals surface area contributed by atoms with Crippen molar-refractivity contribution in [2.75, 3.05) is 0 Å².